The van der Waals surface area contributed by atoms with E-state index in [1.807, 2.05) is 0 Å². The smallest absolute Gasteiger partial charge is 0.361 e. The van der Waals surface area contributed by atoms with Gasteiger partial charge in [0.15, 0.2) is 6.61 Å². The van der Waals surface area contributed by atoms with Crippen LogP contribution >= 0.6 is 0 Å². The lowest BCUT2D eigenvalue weighted by molar-refractivity contribution is -0.118. The summed E-state index contributed by atoms with van der Waals surface area (Å²) in [6, 6.07) is 13.9. The van der Waals surface area contributed by atoms with Crippen molar-refractivity contribution in [3.63, 3.8) is 0 Å². The molecule has 0 bridgehead atoms. The van der Waals surface area contributed by atoms with Crippen molar-refractivity contribution in [2.45, 2.75) is 0 Å². The maximum absolute atomic E-state index is 12.1. The van der Waals surface area contributed by atoms with Crippen LogP contribution in [0.2, 0.25) is 0 Å². The van der Waals surface area contributed by atoms with Crippen LogP contribution in [0.25, 0.3) is 5.69 Å². The number of rotatable bonds is 7. The minimum atomic E-state index is -0.295. The van der Waals surface area contributed by atoms with Crippen LogP contribution in [-0.4, -0.2) is 53.3 Å². The molecule has 0 saturated heterocycles. The molecule has 2 aromatic carbocycles. The molecular formula is C16H13N9O3. The van der Waals surface area contributed by atoms with Gasteiger partial charge in [0, 0.05) is 5.69 Å². The van der Waals surface area contributed by atoms with Gasteiger partial charge < -0.3 is 14.8 Å². The third-order valence-corrected chi connectivity index (χ3v) is 3.49. The molecule has 140 valence electrons. The van der Waals surface area contributed by atoms with E-state index >= 15 is 0 Å². The molecule has 4 rings (SSSR count). The Hall–Kier alpha value is -4.35. The van der Waals surface area contributed by atoms with Crippen LogP contribution in [0.1, 0.15) is 0 Å². The Labute approximate surface area is 157 Å². The predicted octanol–water partition coefficient (Wildman–Crippen LogP) is 0.985. The molecule has 0 aliphatic heterocycles. The van der Waals surface area contributed by atoms with Crippen molar-refractivity contribution in [2.75, 3.05) is 11.9 Å². The number of hydrogen-bond donors (Lipinski definition) is 2. The van der Waals surface area contributed by atoms with Gasteiger partial charge in [0.05, 0.1) is 5.69 Å². The number of hydrogen-bond acceptors (Lipinski definition) is 9. The Bertz CT molecular complexity index is 1020. The maximum atomic E-state index is 12.1. The van der Waals surface area contributed by atoms with E-state index < -0.39 is 0 Å². The first-order valence-corrected chi connectivity index (χ1v) is 8.04. The number of aromatic amines is 1. The summed E-state index contributed by atoms with van der Waals surface area (Å²) in [5, 5.41) is 26.7. The number of carbonyl (C=O) groups is 1. The summed E-state index contributed by atoms with van der Waals surface area (Å²) in [5.74, 6) is 0.769. The molecule has 12 nitrogen and oxygen atoms in total. The number of nitrogens with zero attached hydrogens (tertiary/aromatic N) is 7. The van der Waals surface area contributed by atoms with Gasteiger partial charge in [-0.15, -0.1) is 5.10 Å². The topological polar surface area (TPSA) is 146 Å². The molecule has 1 amide bonds. The van der Waals surface area contributed by atoms with Crippen molar-refractivity contribution in [2.24, 2.45) is 0 Å². The van der Waals surface area contributed by atoms with Crippen molar-refractivity contribution in [3.8, 4) is 23.2 Å². The second-order valence-electron chi connectivity index (χ2n) is 5.41. The summed E-state index contributed by atoms with van der Waals surface area (Å²) < 4.78 is 12.4. The average molecular weight is 379 g/mol. The normalized spacial score (nSPS) is 10.4. The molecule has 0 atom stereocenters. The van der Waals surface area contributed by atoms with Gasteiger partial charge in [-0.05, 0) is 64.2 Å². The first kappa shape index (κ1) is 17.1. The molecule has 0 spiro atoms. The fourth-order valence-corrected chi connectivity index (χ4v) is 2.23. The van der Waals surface area contributed by atoms with Crippen molar-refractivity contribution < 1.29 is 14.3 Å². The molecule has 4 aromatic rings. The molecule has 28 heavy (non-hydrogen) atoms. The fourth-order valence-electron chi connectivity index (χ4n) is 2.23. The molecule has 0 aliphatic rings. The summed E-state index contributed by atoms with van der Waals surface area (Å²) in [7, 11) is 0. The van der Waals surface area contributed by atoms with E-state index in [0.29, 0.717) is 17.2 Å². The Morgan fingerprint density at radius 2 is 1.86 bits per heavy atom. The molecule has 0 fully saturated rings. The molecule has 2 N–H and O–H groups in total. The standard InChI is InChI=1S/C16H13N9O3/c26-15(9-27-13-7-3-12(4-8-13)25-10-17-21-24-25)18-11-1-5-14(6-2-11)28-16-19-22-23-20-16/h1-8,10H,9H2,(H,18,26)(H,19,20,22,23). The minimum absolute atomic E-state index is 0.108. The van der Waals surface area contributed by atoms with Gasteiger partial charge >= 0.3 is 6.01 Å². The van der Waals surface area contributed by atoms with Gasteiger partial charge in [-0.2, -0.15) is 5.21 Å². The fraction of sp³-hybridized carbons (Fsp3) is 0.0625. The molecule has 0 radical (unpaired) electrons. The number of ether oxygens (including phenoxy) is 2. The zero-order valence-electron chi connectivity index (χ0n) is 14.3. The average Bonchev–Trinajstić information content (AvgIpc) is 3.43. The van der Waals surface area contributed by atoms with Gasteiger partial charge in [0.25, 0.3) is 5.91 Å². The molecule has 12 heteroatoms. The summed E-state index contributed by atoms with van der Waals surface area (Å²) in [4.78, 5) is 12.1. The van der Waals surface area contributed by atoms with E-state index in [4.69, 9.17) is 9.47 Å². The number of amides is 1. The molecule has 0 saturated carbocycles. The van der Waals surface area contributed by atoms with E-state index in [-0.39, 0.29) is 18.5 Å². The van der Waals surface area contributed by atoms with Crippen LogP contribution < -0.4 is 14.8 Å². The lowest BCUT2D eigenvalue weighted by Crippen LogP contribution is -2.20. The van der Waals surface area contributed by atoms with Crippen LogP contribution in [-0.2, 0) is 4.79 Å². The molecule has 2 heterocycles. The number of carbonyl (C=O) groups excluding carboxylic acids is 1. The zero-order valence-corrected chi connectivity index (χ0v) is 14.3. The van der Waals surface area contributed by atoms with Gasteiger partial charge in [0.2, 0.25) is 0 Å². The molecule has 2 aromatic heterocycles. The predicted molar refractivity (Wildman–Crippen MR) is 94.0 cm³/mol. The largest absolute Gasteiger partial charge is 0.484 e. The van der Waals surface area contributed by atoms with E-state index in [1.165, 1.54) is 11.0 Å². The van der Waals surface area contributed by atoms with E-state index in [0.717, 1.165) is 5.69 Å². The number of tetrazole rings is 2. The van der Waals surface area contributed by atoms with E-state index in [2.05, 4.69) is 41.5 Å². The molecular weight excluding hydrogens is 366 g/mol. The van der Waals surface area contributed by atoms with Gasteiger partial charge in [-0.1, -0.05) is 10.2 Å². The summed E-state index contributed by atoms with van der Waals surface area (Å²) in [5.41, 5.74) is 1.38. The number of nitrogens with one attached hydrogen (secondary N) is 2. The Morgan fingerprint density at radius 3 is 2.54 bits per heavy atom. The molecule has 0 unspecified atom stereocenters. The van der Waals surface area contributed by atoms with Crippen molar-refractivity contribution in [1.82, 2.24) is 40.8 Å². The highest BCUT2D eigenvalue weighted by Gasteiger charge is 2.06. The quantitative estimate of drug-likeness (QED) is 0.480. The number of anilines is 1. The number of benzene rings is 2. The van der Waals surface area contributed by atoms with E-state index in [1.54, 1.807) is 48.5 Å². The minimum Gasteiger partial charge on any atom is -0.484 e. The van der Waals surface area contributed by atoms with Crippen molar-refractivity contribution >= 4 is 11.6 Å². The zero-order chi connectivity index (χ0) is 19.2. The van der Waals surface area contributed by atoms with E-state index in [9.17, 15) is 4.79 Å². The SMILES string of the molecule is O=C(COc1ccc(-n2cnnn2)cc1)Nc1ccc(Oc2nn[nH]n2)cc1. The summed E-state index contributed by atoms with van der Waals surface area (Å²) in [6.07, 6.45) is 1.49. The lowest BCUT2D eigenvalue weighted by atomic mass is 10.3. The highest BCUT2D eigenvalue weighted by Crippen LogP contribution is 2.19. The number of H-pyrrole nitrogens is 1. The summed E-state index contributed by atoms with van der Waals surface area (Å²) >= 11 is 0. The lowest BCUT2D eigenvalue weighted by Gasteiger charge is -2.08. The monoisotopic (exact) mass is 379 g/mol. The Morgan fingerprint density at radius 1 is 1.07 bits per heavy atom. The second-order valence-corrected chi connectivity index (χ2v) is 5.41. The van der Waals surface area contributed by atoms with Gasteiger partial charge in [-0.25, -0.2) is 4.68 Å². The van der Waals surface area contributed by atoms with Gasteiger partial charge in [-0.3, -0.25) is 4.79 Å². The first-order valence-electron chi connectivity index (χ1n) is 8.04. The first-order chi connectivity index (χ1) is 13.8. The molecule has 0 aliphatic carbocycles. The van der Waals surface area contributed by atoms with Crippen LogP contribution in [0.15, 0.2) is 54.9 Å². The highest BCUT2D eigenvalue weighted by molar-refractivity contribution is 5.91. The second kappa shape index (κ2) is 7.90. The summed E-state index contributed by atoms with van der Waals surface area (Å²) in [6.45, 7) is -0.134. The van der Waals surface area contributed by atoms with Crippen molar-refractivity contribution in [3.05, 3.63) is 54.9 Å². The van der Waals surface area contributed by atoms with Gasteiger partial charge in [0.1, 0.15) is 17.8 Å². The number of aromatic nitrogens is 8. The third kappa shape index (κ3) is 4.24. The van der Waals surface area contributed by atoms with Crippen LogP contribution in [0.3, 0.4) is 0 Å². The van der Waals surface area contributed by atoms with Crippen LogP contribution in [0.5, 0.6) is 17.5 Å². The van der Waals surface area contributed by atoms with Crippen molar-refractivity contribution in [1.29, 1.82) is 0 Å². The third-order valence-electron chi connectivity index (χ3n) is 3.49. The maximum Gasteiger partial charge on any atom is 0.361 e. The van der Waals surface area contributed by atoms with Crippen LogP contribution in [0, 0.1) is 0 Å². The Balaban J connectivity index is 1.27. The van der Waals surface area contributed by atoms with Crippen LogP contribution in [0.4, 0.5) is 5.69 Å². The highest BCUT2D eigenvalue weighted by atomic mass is 16.5. The Kier molecular flexibility index (Phi) is 4.82.